The van der Waals surface area contributed by atoms with Crippen molar-refractivity contribution in [2.24, 2.45) is 5.73 Å². The molecule has 2 aromatic rings. The third kappa shape index (κ3) is 3.51. The molecule has 0 aliphatic heterocycles. The number of hydrogen-bond donors (Lipinski definition) is 1. The number of furan rings is 1. The molecule has 0 radical (unpaired) electrons. The zero-order valence-corrected chi connectivity index (χ0v) is 11.2. The van der Waals surface area contributed by atoms with Crippen molar-refractivity contribution in [3.63, 3.8) is 0 Å². The number of hydrogen-bond acceptors (Lipinski definition) is 4. The molecule has 19 heavy (non-hydrogen) atoms. The molecule has 0 aliphatic rings. The highest BCUT2D eigenvalue weighted by Gasteiger charge is 2.20. The Hall–Kier alpha value is -1.94. The van der Waals surface area contributed by atoms with Gasteiger partial charge in [0.25, 0.3) is 0 Å². The Morgan fingerprint density at radius 3 is 2.37 bits per heavy atom. The van der Waals surface area contributed by atoms with Crippen LogP contribution in [0.5, 0.6) is 11.5 Å². The first-order valence-corrected chi connectivity index (χ1v) is 6.39. The van der Waals surface area contributed by atoms with Gasteiger partial charge in [-0.25, -0.2) is 0 Å². The molecule has 2 rings (SSSR count). The van der Waals surface area contributed by atoms with Crippen LogP contribution < -0.4 is 15.2 Å². The van der Waals surface area contributed by atoms with E-state index in [0.29, 0.717) is 6.61 Å². The standard InChI is InChI=1S/C15H19NO3/c1-3-17-12-6-8-13(9-7-12)19-15(11(2)16)14-5-4-10-18-14/h4-11,15H,3,16H2,1-2H3. The van der Waals surface area contributed by atoms with Gasteiger partial charge in [-0.05, 0) is 50.2 Å². The maximum Gasteiger partial charge on any atom is 0.171 e. The predicted octanol–water partition coefficient (Wildman–Crippen LogP) is 3.15. The van der Waals surface area contributed by atoms with E-state index in [1.165, 1.54) is 0 Å². The van der Waals surface area contributed by atoms with Crippen LogP contribution in [-0.4, -0.2) is 12.6 Å². The third-order valence-corrected chi connectivity index (χ3v) is 2.70. The molecule has 2 atom stereocenters. The van der Waals surface area contributed by atoms with Gasteiger partial charge in [0.2, 0.25) is 0 Å². The van der Waals surface area contributed by atoms with E-state index in [1.807, 2.05) is 50.2 Å². The average molecular weight is 261 g/mol. The van der Waals surface area contributed by atoms with Crippen LogP contribution in [0.15, 0.2) is 47.1 Å². The summed E-state index contributed by atoms with van der Waals surface area (Å²) in [7, 11) is 0. The molecule has 102 valence electrons. The van der Waals surface area contributed by atoms with Crippen molar-refractivity contribution in [3.05, 3.63) is 48.4 Å². The highest BCUT2D eigenvalue weighted by molar-refractivity contribution is 5.31. The van der Waals surface area contributed by atoms with E-state index in [1.54, 1.807) is 6.26 Å². The molecule has 4 heteroatoms. The maximum atomic E-state index is 5.94. The Bertz CT molecular complexity index is 477. The highest BCUT2D eigenvalue weighted by Crippen LogP contribution is 2.26. The lowest BCUT2D eigenvalue weighted by Gasteiger charge is -2.20. The lowest BCUT2D eigenvalue weighted by molar-refractivity contribution is 0.153. The molecular formula is C15H19NO3. The molecule has 0 saturated carbocycles. The summed E-state index contributed by atoms with van der Waals surface area (Å²) in [4.78, 5) is 0. The fraction of sp³-hybridized carbons (Fsp3) is 0.333. The largest absolute Gasteiger partial charge is 0.494 e. The minimum absolute atomic E-state index is 0.169. The molecule has 0 spiro atoms. The van der Waals surface area contributed by atoms with E-state index in [0.717, 1.165) is 17.3 Å². The summed E-state index contributed by atoms with van der Waals surface area (Å²) in [5, 5.41) is 0. The second-order valence-electron chi connectivity index (χ2n) is 4.32. The summed E-state index contributed by atoms with van der Waals surface area (Å²) in [5.74, 6) is 2.29. The molecule has 0 saturated heterocycles. The Morgan fingerprint density at radius 2 is 1.84 bits per heavy atom. The first-order chi connectivity index (χ1) is 9.20. The summed E-state index contributed by atoms with van der Waals surface area (Å²) in [5.41, 5.74) is 5.94. The van der Waals surface area contributed by atoms with Gasteiger partial charge in [-0.15, -0.1) is 0 Å². The monoisotopic (exact) mass is 261 g/mol. The Balaban J connectivity index is 2.09. The first kappa shape index (κ1) is 13.5. The molecule has 1 aromatic heterocycles. The Morgan fingerprint density at radius 1 is 1.16 bits per heavy atom. The van der Waals surface area contributed by atoms with E-state index in [4.69, 9.17) is 19.6 Å². The van der Waals surface area contributed by atoms with Crippen molar-refractivity contribution in [2.45, 2.75) is 26.0 Å². The predicted molar refractivity (Wildman–Crippen MR) is 73.3 cm³/mol. The fourth-order valence-electron chi connectivity index (χ4n) is 1.81. The molecule has 1 heterocycles. The van der Waals surface area contributed by atoms with Gasteiger partial charge >= 0.3 is 0 Å². The van der Waals surface area contributed by atoms with Crippen LogP contribution in [-0.2, 0) is 0 Å². The van der Waals surface area contributed by atoms with Gasteiger partial charge in [-0.2, -0.15) is 0 Å². The summed E-state index contributed by atoms with van der Waals surface area (Å²) >= 11 is 0. The van der Waals surface area contributed by atoms with Crippen LogP contribution in [0, 0.1) is 0 Å². The minimum Gasteiger partial charge on any atom is -0.494 e. The molecule has 4 nitrogen and oxygen atoms in total. The van der Waals surface area contributed by atoms with Crippen LogP contribution in [0.2, 0.25) is 0 Å². The van der Waals surface area contributed by atoms with Crippen molar-refractivity contribution in [2.75, 3.05) is 6.61 Å². The second kappa shape index (κ2) is 6.29. The van der Waals surface area contributed by atoms with Gasteiger partial charge in [0, 0.05) is 6.04 Å². The quantitative estimate of drug-likeness (QED) is 0.867. The van der Waals surface area contributed by atoms with Crippen LogP contribution in [0.1, 0.15) is 25.7 Å². The van der Waals surface area contributed by atoms with Gasteiger partial charge in [0.05, 0.1) is 12.9 Å². The molecule has 2 N–H and O–H groups in total. The van der Waals surface area contributed by atoms with Gasteiger partial charge in [-0.3, -0.25) is 0 Å². The zero-order chi connectivity index (χ0) is 13.7. The topological polar surface area (TPSA) is 57.6 Å². The summed E-state index contributed by atoms with van der Waals surface area (Å²) in [6.45, 7) is 4.49. The number of rotatable bonds is 6. The lowest BCUT2D eigenvalue weighted by atomic mass is 10.1. The minimum atomic E-state index is -0.298. The fourth-order valence-corrected chi connectivity index (χ4v) is 1.81. The van der Waals surface area contributed by atoms with E-state index in [2.05, 4.69) is 0 Å². The Kier molecular flexibility index (Phi) is 4.47. The third-order valence-electron chi connectivity index (χ3n) is 2.70. The highest BCUT2D eigenvalue weighted by atomic mass is 16.5. The van der Waals surface area contributed by atoms with Gasteiger partial charge in [-0.1, -0.05) is 0 Å². The molecule has 2 unspecified atom stereocenters. The van der Waals surface area contributed by atoms with E-state index in [9.17, 15) is 0 Å². The van der Waals surface area contributed by atoms with Crippen molar-refractivity contribution in [1.82, 2.24) is 0 Å². The number of benzene rings is 1. The smallest absolute Gasteiger partial charge is 0.171 e. The van der Waals surface area contributed by atoms with Crippen LogP contribution in [0.4, 0.5) is 0 Å². The van der Waals surface area contributed by atoms with Gasteiger partial charge in [0.1, 0.15) is 17.3 Å². The van der Waals surface area contributed by atoms with Crippen molar-refractivity contribution in [1.29, 1.82) is 0 Å². The number of ether oxygens (including phenoxy) is 2. The van der Waals surface area contributed by atoms with Crippen LogP contribution >= 0.6 is 0 Å². The lowest BCUT2D eigenvalue weighted by Crippen LogP contribution is -2.28. The molecule has 0 amide bonds. The average Bonchev–Trinajstić information content (AvgIpc) is 2.91. The molecule has 1 aromatic carbocycles. The Labute approximate surface area is 113 Å². The summed E-state index contributed by atoms with van der Waals surface area (Å²) < 4.78 is 16.6. The van der Waals surface area contributed by atoms with Gasteiger partial charge in [0.15, 0.2) is 6.10 Å². The zero-order valence-electron chi connectivity index (χ0n) is 11.2. The maximum absolute atomic E-state index is 5.94. The SMILES string of the molecule is CCOc1ccc(OC(c2ccco2)C(C)N)cc1. The molecule has 0 aliphatic carbocycles. The van der Waals surface area contributed by atoms with E-state index >= 15 is 0 Å². The van der Waals surface area contributed by atoms with E-state index < -0.39 is 0 Å². The van der Waals surface area contributed by atoms with Crippen molar-refractivity contribution >= 4 is 0 Å². The summed E-state index contributed by atoms with van der Waals surface area (Å²) in [6.07, 6.45) is 1.32. The molecule has 0 bridgehead atoms. The van der Waals surface area contributed by atoms with Crippen LogP contribution in [0.3, 0.4) is 0 Å². The van der Waals surface area contributed by atoms with Gasteiger partial charge < -0.3 is 19.6 Å². The van der Waals surface area contributed by atoms with E-state index in [-0.39, 0.29) is 12.1 Å². The first-order valence-electron chi connectivity index (χ1n) is 6.39. The van der Waals surface area contributed by atoms with Crippen molar-refractivity contribution < 1.29 is 13.9 Å². The molecular weight excluding hydrogens is 242 g/mol. The second-order valence-corrected chi connectivity index (χ2v) is 4.32. The molecule has 0 fully saturated rings. The van der Waals surface area contributed by atoms with Crippen LogP contribution in [0.25, 0.3) is 0 Å². The summed E-state index contributed by atoms with van der Waals surface area (Å²) in [6, 6.07) is 11.0. The number of nitrogens with two attached hydrogens (primary N) is 1. The van der Waals surface area contributed by atoms with Crippen molar-refractivity contribution in [3.8, 4) is 11.5 Å². The normalized spacial score (nSPS) is 13.8.